The molecule has 2 aliphatic rings. The highest BCUT2D eigenvalue weighted by Crippen LogP contribution is 2.45. The van der Waals surface area contributed by atoms with Crippen LogP contribution >= 0.6 is 34.7 Å². The van der Waals surface area contributed by atoms with Crippen LogP contribution < -0.4 is 15.4 Å². The molecule has 2 amide bonds. The molecule has 4 atom stereocenters. The lowest BCUT2D eigenvalue weighted by atomic mass is 9.77. The SMILES string of the molecule is COc1ccc(COC(=O)C2(CCl)CS[C@@H]3C(NC(=O)C(=NO[C@H](C(=O)OC(c4ccccc4)c4ccccc4)c4ccc(O)c(O)c4)c4csc(NC(c5ccccc5)(c5ccccc5)c5ccccc5)n4)C(=O)N3C2)cc1. The van der Waals surface area contributed by atoms with Gasteiger partial charge in [-0.2, -0.15) is 0 Å². The molecule has 400 valence electrons. The van der Waals surface area contributed by atoms with E-state index in [0.717, 1.165) is 28.3 Å². The Labute approximate surface area is 468 Å². The molecular formula is C61H52ClN5O10S2. The molecule has 79 heavy (non-hydrogen) atoms. The Morgan fingerprint density at radius 3 is 1.89 bits per heavy atom. The van der Waals surface area contributed by atoms with Gasteiger partial charge in [0, 0.05) is 29.1 Å². The summed E-state index contributed by atoms with van der Waals surface area (Å²) in [6, 6.07) is 57.4. The number of halogens is 1. The predicted octanol–water partition coefficient (Wildman–Crippen LogP) is 10.1. The van der Waals surface area contributed by atoms with E-state index in [1.165, 1.54) is 40.1 Å². The van der Waals surface area contributed by atoms with Gasteiger partial charge in [-0.15, -0.1) is 34.7 Å². The van der Waals surface area contributed by atoms with Gasteiger partial charge in [-0.1, -0.05) is 175 Å². The van der Waals surface area contributed by atoms with Crippen LogP contribution in [0.2, 0.25) is 0 Å². The van der Waals surface area contributed by atoms with Crippen molar-refractivity contribution in [2.24, 2.45) is 10.6 Å². The zero-order valence-corrected chi connectivity index (χ0v) is 44.8. The van der Waals surface area contributed by atoms with Crippen LogP contribution in [0.1, 0.15) is 56.8 Å². The highest BCUT2D eigenvalue weighted by Gasteiger charge is 2.58. The van der Waals surface area contributed by atoms with E-state index in [4.69, 9.17) is 35.6 Å². The molecule has 2 fully saturated rings. The summed E-state index contributed by atoms with van der Waals surface area (Å²) in [6.07, 6.45) is -2.68. The Kier molecular flexibility index (Phi) is 16.3. The molecule has 0 radical (unpaired) electrons. The van der Waals surface area contributed by atoms with Gasteiger partial charge in [0.05, 0.1) is 7.11 Å². The van der Waals surface area contributed by atoms with Crippen LogP contribution in [-0.4, -0.2) is 86.3 Å². The quantitative estimate of drug-likeness (QED) is 0.0107. The number of esters is 2. The summed E-state index contributed by atoms with van der Waals surface area (Å²) >= 11 is 8.97. The second kappa shape index (κ2) is 23.9. The first kappa shape index (κ1) is 53.7. The smallest absolute Gasteiger partial charge is 0.355 e. The molecule has 2 unspecified atom stereocenters. The zero-order valence-electron chi connectivity index (χ0n) is 42.4. The van der Waals surface area contributed by atoms with E-state index >= 15 is 0 Å². The van der Waals surface area contributed by atoms with Crippen molar-refractivity contribution in [1.29, 1.82) is 0 Å². The number of aromatic hydroxyl groups is 2. The first-order valence-electron chi connectivity index (χ1n) is 25.1. The average molecular weight is 1110 g/mol. The summed E-state index contributed by atoms with van der Waals surface area (Å²) in [5, 5.41) is 33.4. The van der Waals surface area contributed by atoms with Crippen LogP contribution in [0.3, 0.4) is 0 Å². The molecule has 15 nitrogen and oxygen atoms in total. The second-order valence-corrected chi connectivity index (χ2v) is 21.0. The van der Waals surface area contributed by atoms with Crippen LogP contribution in [0.5, 0.6) is 17.2 Å². The number of nitrogens with one attached hydrogen (secondary N) is 2. The topological polar surface area (TPSA) is 198 Å². The predicted molar refractivity (Wildman–Crippen MR) is 302 cm³/mol. The number of oxime groups is 1. The van der Waals surface area contributed by atoms with E-state index in [2.05, 4.69) is 15.8 Å². The number of phenols is 2. The third kappa shape index (κ3) is 11.4. The Bertz CT molecular complexity index is 3320. The first-order chi connectivity index (χ1) is 38.5. The van der Waals surface area contributed by atoms with Crippen molar-refractivity contribution in [3.63, 3.8) is 0 Å². The number of carbonyl (C=O) groups excluding carboxylic acids is 4. The van der Waals surface area contributed by atoms with Gasteiger partial charge >= 0.3 is 11.9 Å². The minimum absolute atomic E-state index is 0.0147. The number of hydrogen-bond donors (Lipinski definition) is 4. The summed E-state index contributed by atoms with van der Waals surface area (Å²) in [5.74, 6) is -3.17. The standard InChI is InChI=1S/C61H52ClN5O10S2/c1-74-46-30-27-39(28-31-46)34-75-58(73)60(36-62)37-67-55(71)51(56(67)79-38-60)64-54(70)50(47-35-78-59(63-47)65-61(43-21-11-4-12-22-43,44-23-13-5-14-24-44)45-25-15-6-16-26-45)66-77-53(42-29-32-48(68)49(69)33-42)57(72)76-52(40-17-7-2-8-18-40)41-19-9-3-10-20-41/h2-33,35,51-53,56,68-69H,34,36-38H2,1H3,(H,63,65)(H,64,70)/t51?,53-,56+,60?/m0/s1. The van der Waals surface area contributed by atoms with Crippen molar-refractivity contribution in [1.82, 2.24) is 15.2 Å². The number of thioether (sulfide) groups is 1. The van der Waals surface area contributed by atoms with Crippen LogP contribution in [0.25, 0.3) is 0 Å². The number of fused-ring (bicyclic) bond motifs is 1. The molecule has 0 spiro atoms. The molecular weight excluding hydrogens is 1060 g/mol. The fourth-order valence-corrected chi connectivity index (χ4v) is 12.2. The lowest BCUT2D eigenvalue weighted by Crippen LogP contribution is -2.74. The third-order valence-corrected chi connectivity index (χ3v) is 16.6. The third-order valence-electron chi connectivity index (χ3n) is 13.7. The van der Waals surface area contributed by atoms with Crippen LogP contribution in [-0.2, 0) is 45.6 Å². The number of thiazole rings is 1. The molecule has 1 aromatic heterocycles. The van der Waals surface area contributed by atoms with Gasteiger partial charge in [-0.05, 0) is 57.6 Å². The van der Waals surface area contributed by atoms with Crippen molar-refractivity contribution in [3.8, 4) is 17.2 Å². The monoisotopic (exact) mass is 1110 g/mol. The number of nitrogens with zero attached hydrogens (tertiary/aromatic N) is 3. The van der Waals surface area contributed by atoms with E-state index < -0.39 is 75.5 Å². The average Bonchev–Trinajstić information content (AvgIpc) is 4.08. The maximum atomic E-state index is 15.0. The number of rotatable bonds is 20. The van der Waals surface area contributed by atoms with E-state index in [1.54, 1.807) is 36.8 Å². The Morgan fingerprint density at radius 1 is 0.772 bits per heavy atom. The molecule has 8 aromatic rings. The van der Waals surface area contributed by atoms with Gasteiger partial charge in [0.25, 0.3) is 5.91 Å². The molecule has 0 bridgehead atoms. The number of benzene rings is 7. The summed E-state index contributed by atoms with van der Waals surface area (Å²) in [4.78, 5) is 70.2. The number of aromatic nitrogens is 1. The lowest BCUT2D eigenvalue weighted by molar-refractivity contribution is -0.162. The van der Waals surface area contributed by atoms with Gasteiger partial charge in [0.15, 0.2) is 28.4 Å². The number of methoxy groups -OCH3 is 1. The van der Waals surface area contributed by atoms with Crippen LogP contribution in [0.4, 0.5) is 5.13 Å². The van der Waals surface area contributed by atoms with E-state index in [-0.39, 0.29) is 36.0 Å². The molecule has 0 aliphatic carbocycles. The Morgan fingerprint density at radius 2 is 1.34 bits per heavy atom. The molecule has 2 saturated heterocycles. The molecule has 4 N–H and O–H groups in total. The lowest BCUT2D eigenvalue weighted by Gasteiger charge is -2.53. The first-order valence-corrected chi connectivity index (χ1v) is 27.5. The number of ether oxygens (including phenoxy) is 3. The fourth-order valence-electron chi connectivity index (χ4n) is 9.52. The van der Waals surface area contributed by atoms with Crippen molar-refractivity contribution >= 4 is 69.3 Å². The van der Waals surface area contributed by atoms with Gasteiger partial charge in [-0.3, -0.25) is 14.4 Å². The fraction of sp³-hybridized carbons (Fsp3) is 0.180. The Balaban J connectivity index is 0.986. The molecule has 10 rings (SSSR count). The number of carbonyl (C=O) groups is 4. The molecule has 3 heterocycles. The highest BCUT2D eigenvalue weighted by atomic mass is 35.5. The van der Waals surface area contributed by atoms with Crippen LogP contribution in [0.15, 0.2) is 205 Å². The summed E-state index contributed by atoms with van der Waals surface area (Å²) in [6.45, 7) is -0.0622. The number of β-lactam (4-membered cyclic amide) rings is 1. The van der Waals surface area contributed by atoms with Crippen LogP contribution in [0, 0.1) is 5.41 Å². The van der Waals surface area contributed by atoms with Crippen molar-refractivity contribution in [3.05, 3.63) is 244 Å². The van der Waals surface area contributed by atoms with Gasteiger partial charge in [0.2, 0.25) is 12.0 Å². The van der Waals surface area contributed by atoms with Gasteiger partial charge in [-0.25, -0.2) is 9.78 Å². The van der Waals surface area contributed by atoms with Crippen molar-refractivity contribution in [2.45, 2.75) is 35.8 Å². The molecule has 18 heteroatoms. The van der Waals surface area contributed by atoms with E-state index in [0.29, 0.717) is 22.0 Å². The minimum atomic E-state index is -1.75. The highest BCUT2D eigenvalue weighted by molar-refractivity contribution is 8.00. The molecule has 7 aromatic carbocycles. The van der Waals surface area contributed by atoms with Gasteiger partial charge in [0.1, 0.15) is 40.4 Å². The summed E-state index contributed by atoms with van der Waals surface area (Å²) in [5.41, 5.74) is 2.08. The molecule has 0 saturated carbocycles. The van der Waals surface area contributed by atoms with E-state index in [9.17, 15) is 29.4 Å². The number of amides is 2. The summed E-state index contributed by atoms with van der Waals surface area (Å²) < 4.78 is 17.2. The number of alkyl halides is 1. The second-order valence-electron chi connectivity index (χ2n) is 18.8. The van der Waals surface area contributed by atoms with E-state index in [1.807, 2.05) is 152 Å². The minimum Gasteiger partial charge on any atom is -0.504 e. The number of hydrogen-bond acceptors (Lipinski definition) is 15. The maximum Gasteiger partial charge on any atom is 0.355 e. The Hall–Kier alpha value is -8.64. The number of phenolic OH excluding ortho intramolecular Hbond substituents is 2. The van der Waals surface area contributed by atoms with Gasteiger partial charge < -0.3 is 44.8 Å². The normalized spacial score (nSPS) is 17.4. The maximum absolute atomic E-state index is 15.0. The molecule has 2 aliphatic heterocycles. The summed E-state index contributed by atoms with van der Waals surface area (Å²) in [7, 11) is 1.56. The zero-order chi connectivity index (χ0) is 54.9. The largest absolute Gasteiger partial charge is 0.504 e. The van der Waals surface area contributed by atoms with Crippen molar-refractivity contribution < 1.29 is 48.4 Å². The van der Waals surface area contributed by atoms with Crippen molar-refractivity contribution in [2.75, 3.05) is 30.6 Å². The number of anilines is 1.